The Kier molecular flexibility index (Phi) is 6.12. The number of halogens is 1. The molecule has 2 N–H and O–H groups in total. The Morgan fingerprint density at radius 1 is 1.33 bits per heavy atom. The highest BCUT2D eigenvalue weighted by Crippen LogP contribution is 2.28. The topological polar surface area (TPSA) is 32.5 Å². The van der Waals surface area contributed by atoms with Crippen molar-refractivity contribution in [3.05, 3.63) is 28.2 Å². The summed E-state index contributed by atoms with van der Waals surface area (Å²) in [7, 11) is 4.21. The van der Waals surface area contributed by atoms with Gasteiger partial charge >= 0.3 is 0 Å². The highest BCUT2D eigenvalue weighted by Gasteiger charge is 2.17. The Bertz CT molecular complexity index is 379. The Morgan fingerprint density at radius 3 is 2.50 bits per heavy atom. The summed E-state index contributed by atoms with van der Waals surface area (Å²) in [4.78, 5) is 4.63. The first-order chi connectivity index (χ1) is 8.51. The molecule has 0 saturated heterocycles. The fourth-order valence-corrected chi connectivity index (χ4v) is 2.88. The van der Waals surface area contributed by atoms with Gasteiger partial charge in [0.2, 0.25) is 0 Å². The lowest BCUT2D eigenvalue weighted by molar-refractivity contribution is 0.372. The summed E-state index contributed by atoms with van der Waals surface area (Å²) in [5.41, 5.74) is 8.30. The second kappa shape index (κ2) is 7.12. The number of hydrogen-bond acceptors (Lipinski definition) is 3. The minimum atomic E-state index is 0.463. The van der Waals surface area contributed by atoms with Crippen LogP contribution in [-0.2, 0) is 6.54 Å². The number of benzene rings is 1. The molecule has 102 valence electrons. The molecule has 1 atom stereocenters. The van der Waals surface area contributed by atoms with Crippen LogP contribution in [0.2, 0.25) is 0 Å². The van der Waals surface area contributed by atoms with Crippen LogP contribution in [0.5, 0.6) is 0 Å². The van der Waals surface area contributed by atoms with E-state index in [2.05, 4.69) is 71.9 Å². The van der Waals surface area contributed by atoms with Gasteiger partial charge in [0, 0.05) is 41.4 Å². The van der Waals surface area contributed by atoms with Gasteiger partial charge in [-0.3, -0.25) is 0 Å². The second-order valence-electron chi connectivity index (χ2n) is 4.84. The molecule has 1 aromatic carbocycles. The van der Waals surface area contributed by atoms with Gasteiger partial charge < -0.3 is 15.5 Å². The molecule has 0 aliphatic heterocycles. The van der Waals surface area contributed by atoms with E-state index >= 15 is 0 Å². The molecule has 0 fully saturated rings. The summed E-state index contributed by atoms with van der Waals surface area (Å²) >= 11 is 3.59. The summed E-state index contributed by atoms with van der Waals surface area (Å²) in [6.07, 6.45) is 0. The molecule has 0 aliphatic rings. The largest absolute Gasteiger partial charge is 0.368 e. The van der Waals surface area contributed by atoms with Crippen molar-refractivity contribution in [1.82, 2.24) is 4.90 Å². The first kappa shape index (κ1) is 15.5. The van der Waals surface area contributed by atoms with Gasteiger partial charge in [-0.1, -0.05) is 22.0 Å². The number of rotatable bonds is 6. The van der Waals surface area contributed by atoms with E-state index in [-0.39, 0.29) is 0 Å². The van der Waals surface area contributed by atoms with Crippen LogP contribution < -0.4 is 10.6 Å². The number of hydrogen-bond donors (Lipinski definition) is 1. The maximum Gasteiger partial charge on any atom is 0.0425 e. The minimum Gasteiger partial charge on any atom is -0.368 e. The van der Waals surface area contributed by atoms with Crippen LogP contribution in [0, 0.1) is 0 Å². The van der Waals surface area contributed by atoms with E-state index in [0.717, 1.165) is 17.6 Å². The van der Waals surface area contributed by atoms with Crippen LogP contribution in [-0.4, -0.2) is 38.1 Å². The van der Waals surface area contributed by atoms with Crippen molar-refractivity contribution in [3.63, 3.8) is 0 Å². The van der Waals surface area contributed by atoms with Crippen LogP contribution >= 0.6 is 15.9 Å². The SMILES string of the molecule is CCN(c1cccc(Br)c1CN)C(C)CN(C)C. The van der Waals surface area contributed by atoms with Crippen LogP contribution in [0.1, 0.15) is 19.4 Å². The molecular weight excluding hydrogens is 290 g/mol. The predicted octanol–water partition coefficient (Wildman–Crippen LogP) is 2.68. The van der Waals surface area contributed by atoms with Crippen molar-refractivity contribution < 1.29 is 0 Å². The molecule has 18 heavy (non-hydrogen) atoms. The van der Waals surface area contributed by atoms with E-state index in [0.29, 0.717) is 12.6 Å². The molecule has 0 aliphatic carbocycles. The average Bonchev–Trinajstić information content (AvgIpc) is 2.29. The van der Waals surface area contributed by atoms with Crippen molar-refractivity contribution in [1.29, 1.82) is 0 Å². The average molecular weight is 314 g/mol. The standard InChI is InChI=1S/C14H24BrN3/c1-5-18(11(2)10-17(3)4)14-8-6-7-13(15)12(14)9-16/h6-8,11H,5,9-10,16H2,1-4H3. The van der Waals surface area contributed by atoms with E-state index in [9.17, 15) is 0 Å². The van der Waals surface area contributed by atoms with Gasteiger partial charge in [0.15, 0.2) is 0 Å². The van der Waals surface area contributed by atoms with Gasteiger partial charge in [-0.15, -0.1) is 0 Å². The highest BCUT2D eigenvalue weighted by molar-refractivity contribution is 9.10. The fourth-order valence-electron chi connectivity index (χ4n) is 2.36. The van der Waals surface area contributed by atoms with E-state index in [1.165, 1.54) is 11.3 Å². The third-order valence-electron chi connectivity index (χ3n) is 3.11. The zero-order valence-electron chi connectivity index (χ0n) is 11.8. The van der Waals surface area contributed by atoms with Gasteiger partial charge in [0.1, 0.15) is 0 Å². The van der Waals surface area contributed by atoms with E-state index in [4.69, 9.17) is 5.73 Å². The quantitative estimate of drug-likeness (QED) is 0.876. The van der Waals surface area contributed by atoms with Crippen molar-refractivity contribution in [2.45, 2.75) is 26.4 Å². The first-order valence-electron chi connectivity index (χ1n) is 6.40. The molecule has 0 saturated carbocycles. The fraction of sp³-hybridized carbons (Fsp3) is 0.571. The lowest BCUT2D eigenvalue weighted by Gasteiger charge is -2.33. The molecule has 1 rings (SSSR count). The lowest BCUT2D eigenvalue weighted by atomic mass is 10.1. The van der Waals surface area contributed by atoms with Crippen LogP contribution in [0.4, 0.5) is 5.69 Å². The van der Waals surface area contributed by atoms with E-state index < -0.39 is 0 Å². The molecule has 0 bridgehead atoms. The van der Waals surface area contributed by atoms with Gasteiger partial charge in [-0.2, -0.15) is 0 Å². The number of nitrogens with zero attached hydrogens (tertiary/aromatic N) is 2. The molecule has 1 unspecified atom stereocenters. The Labute approximate surface area is 119 Å². The summed E-state index contributed by atoms with van der Waals surface area (Å²) in [5, 5.41) is 0. The van der Waals surface area contributed by atoms with Gasteiger partial charge in [0.05, 0.1) is 0 Å². The monoisotopic (exact) mass is 313 g/mol. The number of likely N-dealkylation sites (N-methyl/N-ethyl adjacent to an activating group) is 2. The maximum absolute atomic E-state index is 5.88. The van der Waals surface area contributed by atoms with Gasteiger partial charge in [-0.05, 0) is 40.1 Å². The zero-order valence-corrected chi connectivity index (χ0v) is 13.4. The number of anilines is 1. The molecular formula is C14H24BrN3. The van der Waals surface area contributed by atoms with Crippen molar-refractivity contribution in [2.24, 2.45) is 5.73 Å². The Balaban J connectivity index is 3.05. The molecule has 0 heterocycles. The first-order valence-corrected chi connectivity index (χ1v) is 7.19. The summed E-state index contributed by atoms with van der Waals surface area (Å²) in [6.45, 7) is 7.02. The van der Waals surface area contributed by atoms with Crippen molar-refractivity contribution in [2.75, 3.05) is 32.1 Å². The van der Waals surface area contributed by atoms with Gasteiger partial charge in [-0.25, -0.2) is 0 Å². The van der Waals surface area contributed by atoms with E-state index in [1.807, 2.05) is 0 Å². The highest BCUT2D eigenvalue weighted by atomic mass is 79.9. The summed E-state index contributed by atoms with van der Waals surface area (Å²) in [5.74, 6) is 0. The molecule has 3 nitrogen and oxygen atoms in total. The third kappa shape index (κ3) is 3.70. The van der Waals surface area contributed by atoms with Gasteiger partial charge in [0.25, 0.3) is 0 Å². The van der Waals surface area contributed by atoms with Crippen molar-refractivity contribution in [3.8, 4) is 0 Å². The summed E-state index contributed by atoms with van der Waals surface area (Å²) in [6, 6.07) is 6.74. The second-order valence-corrected chi connectivity index (χ2v) is 5.69. The third-order valence-corrected chi connectivity index (χ3v) is 3.85. The number of nitrogens with two attached hydrogens (primary N) is 1. The molecule has 1 aromatic rings. The molecule has 0 amide bonds. The Hall–Kier alpha value is -0.580. The molecule has 0 aromatic heterocycles. The Morgan fingerprint density at radius 2 is 2.00 bits per heavy atom. The van der Waals surface area contributed by atoms with E-state index in [1.54, 1.807) is 0 Å². The zero-order chi connectivity index (χ0) is 13.7. The molecule has 0 spiro atoms. The van der Waals surface area contributed by atoms with Crippen molar-refractivity contribution >= 4 is 21.6 Å². The normalized spacial score (nSPS) is 12.8. The van der Waals surface area contributed by atoms with Crippen LogP contribution in [0.3, 0.4) is 0 Å². The summed E-state index contributed by atoms with van der Waals surface area (Å²) < 4.78 is 1.10. The molecule has 0 radical (unpaired) electrons. The van der Waals surface area contributed by atoms with Crippen LogP contribution in [0.25, 0.3) is 0 Å². The smallest absolute Gasteiger partial charge is 0.0425 e. The van der Waals surface area contributed by atoms with Crippen LogP contribution in [0.15, 0.2) is 22.7 Å². The minimum absolute atomic E-state index is 0.463. The maximum atomic E-state index is 5.88. The molecule has 4 heteroatoms. The predicted molar refractivity (Wildman–Crippen MR) is 83.1 cm³/mol. The lowest BCUT2D eigenvalue weighted by Crippen LogP contribution is -2.40.